The second-order valence-electron chi connectivity index (χ2n) is 6.16. The molecule has 2 nitrogen and oxygen atoms in total. The van der Waals surface area contributed by atoms with Crippen LogP contribution in [0.5, 0.6) is 0 Å². The van der Waals surface area contributed by atoms with Gasteiger partial charge in [0.1, 0.15) is 0 Å². The maximum Gasteiger partial charge on any atom is 0.0483 e. The molecule has 0 aromatic rings. The lowest BCUT2D eigenvalue weighted by Crippen LogP contribution is -2.49. The van der Waals surface area contributed by atoms with Crippen LogP contribution >= 0.6 is 0 Å². The summed E-state index contributed by atoms with van der Waals surface area (Å²) >= 11 is 0. The van der Waals surface area contributed by atoms with Gasteiger partial charge in [0.25, 0.3) is 0 Å². The standard InChI is InChI=1S/C13H27NO/c1-5-15-7-6-13(14)9-11(2)8-12(3,4)10-13/h11H,5-10,14H2,1-4H3. The Morgan fingerprint density at radius 1 is 1.33 bits per heavy atom. The molecule has 15 heavy (non-hydrogen) atoms. The summed E-state index contributed by atoms with van der Waals surface area (Å²) in [7, 11) is 0. The summed E-state index contributed by atoms with van der Waals surface area (Å²) in [6, 6.07) is 0. The van der Waals surface area contributed by atoms with Gasteiger partial charge in [-0.3, -0.25) is 0 Å². The molecule has 0 amide bonds. The largest absolute Gasteiger partial charge is 0.382 e. The third-order valence-electron chi connectivity index (χ3n) is 3.44. The van der Waals surface area contributed by atoms with Crippen LogP contribution in [0.25, 0.3) is 0 Å². The molecule has 0 aromatic carbocycles. The van der Waals surface area contributed by atoms with Gasteiger partial charge in [0.15, 0.2) is 0 Å². The Morgan fingerprint density at radius 2 is 2.00 bits per heavy atom. The zero-order valence-corrected chi connectivity index (χ0v) is 10.8. The van der Waals surface area contributed by atoms with E-state index in [1.54, 1.807) is 0 Å². The van der Waals surface area contributed by atoms with E-state index in [1.165, 1.54) is 6.42 Å². The normalized spacial score (nSPS) is 35.4. The molecule has 0 bridgehead atoms. The van der Waals surface area contributed by atoms with Crippen LogP contribution in [0, 0.1) is 11.3 Å². The quantitative estimate of drug-likeness (QED) is 0.729. The van der Waals surface area contributed by atoms with Crippen LogP contribution in [0.4, 0.5) is 0 Å². The highest BCUT2D eigenvalue weighted by Gasteiger charge is 2.39. The molecule has 1 saturated carbocycles. The van der Waals surface area contributed by atoms with E-state index in [-0.39, 0.29) is 5.54 Å². The number of hydrogen-bond acceptors (Lipinski definition) is 2. The molecule has 2 heteroatoms. The van der Waals surface area contributed by atoms with Crippen molar-refractivity contribution in [1.29, 1.82) is 0 Å². The second kappa shape index (κ2) is 4.84. The molecular weight excluding hydrogens is 186 g/mol. The zero-order valence-electron chi connectivity index (χ0n) is 10.8. The van der Waals surface area contributed by atoms with E-state index >= 15 is 0 Å². The van der Waals surface area contributed by atoms with Gasteiger partial charge in [0.05, 0.1) is 0 Å². The van der Waals surface area contributed by atoms with Gasteiger partial charge in [0, 0.05) is 18.8 Å². The highest BCUT2D eigenvalue weighted by molar-refractivity contribution is 4.96. The molecule has 0 saturated heterocycles. The van der Waals surface area contributed by atoms with Crippen LogP contribution in [-0.2, 0) is 4.74 Å². The molecule has 0 radical (unpaired) electrons. The van der Waals surface area contributed by atoms with Crippen LogP contribution in [0.15, 0.2) is 0 Å². The minimum absolute atomic E-state index is 0.0103. The molecule has 0 heterocycles. The molecule has 1 aliphatic rings. The number of nitrogens with two attached hydrogens (primary N) is 1. The van der Waals surface area contributed by atoms with Crippen molar-refractivity contribution in [3.8, 4) is 0 Å². The fraction of sp³-hybridized carbons (Fsp3) is 1.00. The molecule has 1 rings (SSSR count). The molecule has 0 spiro atoms. The molecule has 2 atom stereocenters. The monoisotopic (exact) mass is 213 g/mol. The first-order valence-corrected chi connectivity index (χ1v) is 6.23. The third kappa shape index (κ3) is 4.12. The lowest BCUT2D eigenvalue weighted by Gasteiger charge is -2.45. The molecule has 2 unspecified atom stereocenters. The summed E-state index contributed by atoms with van der Waals surface area (Å²) in [5.41, 5.74) is 6.90. The van der Waals surface area contributed by atoms with Crippen molar-refractivity contribution in [2.45, 2.75) is 58.9 Å². The topological polar surface area (TPSA) is 35.2 Å². The van der Waals surface area contributed by atoms with E-state index in [9.17, 15) is 0 Å². The minimum Gasteiger partial charge on any atom is -0.382 e. The Kier molecular flexibility index (Phi) is 4.19. The van der Waals surface area contributed by atoms with Crippen molar-refractivity contribution in [2.24, 2.45) is 17.1 Å². The first-order chi connectivity index (χ1) is 6.87. The number of hydrogen-bond donors (Lipinski definition) is 1. The fourth-order valence-electron chi connectivity index (χ4n) is 3.42. The van der Waals surface area contributed by atoms with Crippen molar-refractivity contribution in [3.63, 3.8) is 0 Å². The Hall–Kier alpha value is -0.0800. The first-order valence-electron chi connectivity index (χ1n) is 6.23. The molecule has 90 valence electrons. The van der Waals surface area contributed by atoms with E-state index in [4.69, 9.17) is 10.5 Å². The minimum atomic E-state index is 0.0103. The summed E-state index contributed by atoms with van der Waals surface area (Å²) in [4.78, 5) is 0. The van der Waals surface area contributed by atoms with Gasteiger partial charge in [-0.1, -0.05) is 20.8 Å². The predicted molar refractivity (Wildman–Crippen MR) is 64.8 cm³/mol. The molecule has 0 aromatic heterocycles. The van der Waals surface area contributed by atoms with Gasteiger partial charge in [-0.05, 0) is 43.9 Å². The SMILES string of the molecule is CCOCCC1(N)CC(C)CC(C)(C)C1. The number of ether oxygens (including phenoxy) is 1. The maximum absolute atomic E-state index is 6.49. The van der Waals surface area contributed by atoms with Gasteiger partial charge in [-0.15, -0.1) is 0 Å². The summed E-state index contributed by atoms with van der Waals surface area (Å²) in [5.74, 6) is 0.750. The zero-order chi connectivity index (χ0) is 11.5. The van der Waals surface area contributed by atoms with Crippen molar-refractivity contribution in [3.05, 3.63) is 0 Å². The van der Waals surface area contributed by atoms with E-state index in [0.29, 0.717) is 5.41 Å². The lowest BCUT2D eigenvalue weighted by atomic mass is 9.64. The van der Waals surface area contributed by atoms with Crippen LogP contribution in [-0.4, -0.2) is 18.8 Å². The molecule has 1 aliphatic carbocycles. The highest BCUT2D eigenvalue weighted by Crippen LogP contribution is 2.43. The summed E-state index contributed by atoms with van der Waals surface area (Å²) in [6.07, 6.45) is 4.61. The van der Waals surface area contributed by atoms with Crippen LogP contribution < -0.4 is 5.73 Å². The van der Waals surface area contributed by atoms with Gasteiger partial charge < -0.3 is 10.5 Å². The van der Waals surface area contributed by atoms with Crippen LogP contribution in [0.1, 0.15) is 53.4 Å². The summed E-state index contributed by atoms with van der Waals surface area (Å²) in [6.45, 7) is 10.7. The Balaban J connectivity index is 2.51. The van der Waals surface area contributed by atoms with E-state index in [0.717, 1.165) is 38.4 Å². The van der Waals surface area contributed by atoms with Crippen LogP contribution in [0.3, 0.4) is 0 Å². The molecular formula is C13H27NO. The van der Waals surface area contributed by atoms with Gasteiger partial charge in [0.2, 0.25) is 0 Å². The molecule has 1 fully saturated rings. The van der Waals surface area contributed by atoms with E-state index in [2.05, 4.69) is 20.8 Å². The Morgan fingerprint density at radius 3 is 2.53 bits per heavy atom. The Labute approximate surface area is 94.6 Å². The highest BCUT2D eigenvalue weighted by atomic mass is 16.5. The van der Waals surface area contributed by atoms with Gasteiger partial charge in [-0.2, -0.15) is 0 Å². The smallest absolute Gasteiger partial charge is 0.0483 e. The predicted octanol–water partition coefficient (Wildman–Crippen LogP) is 2.96. The van der Waals surface area contributed by atoms with E-state index < -0.39 is 0 Å². The third-order valence-corrected chi connectivity index (χ3v) is 3.44. The number of rotatable bonds is 4. The van der Waals surface area contributed by atoms with E-state index in [1.807, 2.05) is 6.92 Å². The van der Waals surface area contributed by atoms with Gasteiger partial charge >= 0.3 is 0 Å². The first kappa shape index (κ1) is 13.0. The summed E-state index contributed by atoms with van der Waals surface area (Å²) < 4.78 is 5.42. The lowest BCUT2D eigenvalue weighted by molar-refractivity contribution is 0.0657. The maximum atomic E-state index is 6.49. The summed E-state index contributed by atoms with van der Waals surface area (Å²) in [5, 5.41) is 0. The second-order valence-corrected chi connectivity index (χ2v) is 6.16. The average molecular weight is 213 g/mol. The molecule has 2 N–H and O–H groups in total. The Bertz CT molecular complexity index is 203. The van der Waals surface area contributed by atoms with Crippen molar-refractivity contribution < 1.29 is 4.74 Å². The van der Waals surface area contributed by atoms with Crippen molar-refractivity contribution >= 4 is 0 Å². The van der Waals surface area contributed by atoms with Crippen LogP contribution in [0.2, 0.25) is 0 Å². The average Bonchev–Trinajstić information content (AvgIpc) is 1.98. The fourth-order valence-corrected chi connectivity index (χ4v) is 3.42. The van der Waals surface area contributed by atoms with Crippen molar-refractivity contribution in [1.82, 2.24) is 0 Å². The van der Waals surface area contributed by atoms with Gasteiger partial charge in [-0.25, -0.2) is 0 Å². The molecule has 0 aliphatic heterocycles. The van der Waals surface area contributed by atoms with Crippen molar-refractivity contribution in [2.75, 3.05) is 13.2 Å².